The van der Waals surface area contributed by atoms with E-state index in [-0.39, 0.29) is 12.4 Å². The maximum Gasteiger partial charge on any atom is 0.119 e. The first-order valence-electron chi connectivity index (χ1n) is 5.98. The van der Waals surface area contributed by atoms with E-state index in [1.807, 2.05) is 18.2 Å². The lowest BCUT2D eigenvalue weighted by Gasteiger charge is -2.34. The molecule has 0 unspecified atom stereocenters. The average molecular weight is 291 g/mol. The van der Waals surface area contributed by atoms with Crippen LogP contribution < -0.4 is 10.1 Å². The smallest absolute Gasteiger partial charge is 0.119 e. The molecule has 2 rings (SSSR count). The molecule has 0 amide bonds. The van der Waals surface area contributed by atoms with E-state index in [0.717, 1.165) is 42.5 Å². The minimum atomic E-state index is 0. The van der Waals surface area contributed by atoms with Gasteiger partial charge in [-0.2, -0.15) is 0 Å². The Hall–Kier alpha value is -0.480. The molecule has 5 heteroatoms. The zero-order chi connectivity index (χ0) is 12.3. The van der Waals surface area contributed by atoms with Crippen molar-refractivity contribution in [2.45, 2.75) is 19.5 Å². The summed E-state index contributed by atoms with van der Waals surface area (Å²) < 4.78 is 5.24. The van der Waals surface area contributed by atoms with Crippen LogP contribution in [0.15, 0.2) is 18.2 Å². The quantitative estimate of drug-likeness (QED) is 0.926. The fourth-order valence-electron chi connectivity index (χ4n) is 2.14. The van der Waals surface area contributed by atoms with Gasteiger partial charge < -0.3 is 10.1 Å². The van der Waals surface area contributed by atoms with Crippen molar-refractivity contribution in [2.24, 2.45) is 0 Å². The van der Waals surface area contributed by atoms with Crippen LogP contribution in [0.1, 0.15) is 12.5 Å². The van der Waals surface area contributed by atoms with Crippen LogP contribution in [0, 0.1) is 0 Å². The van der Waals surface area contributed by atoms with Gasteiger partial charge in [-0.3, -0.25) is 4.90 Å². The van der Waals surface area contributed by atoms with E-state index < -0.39 is 0 Å². The Morgan fingerprint density at radius 2 is 2.28 bits per heavy atom. The number of methoxy groups -OCH3 is 1. The summed E-state index contributed by atoms with van der Waals surface area (Å²) in [5.41, 5.74) is 1.14. The van der Waals surface area contributed by atoms with Gasteiger partial charge in [0, 0.05) is 37.2 Å². The molecule has 18 heavy (non-hydrogen) atoms. The van der Waals surface area contributed by atoms with Gasteiger partial charge in [0.2, 0.25) is 0 Å². The van der Waals surface area contributed by atoms with Crippen molar-refractivity contribution >= 4 is 24.0 Å². The molecule has 102 valence electrons. The number of halogens is 2. The third-order valence-corrected chi connectivity index (χ3v) is 3.63. The fraction of sp³-hybridized carbons (Fsp3) is 0.538. The first-order valence-corrected chi connectivity index (χ1v) is 6.35. The summed E-state index contributed by atoms with van der Waals surface area (Å²) in [6, 6.07) is 6.37. The van der Waals surface area contributed by atoms with Crippen LogP contribution in [0.25, 0.3) is 0 Å². The van der Waals surface area contributed by atoms with E-state index in [9.17, 15) is 0 Å². The molecule has 1 atom stereocenters. The summed E-state index contributed by atoms with van der Waals surface area (Å²) >= 11 is 6.22. The normalized spacial score (nSPS) is 20.3. The van der Waals surface area contributed by atoms with E-state index in [2.05, 4.69) is 17.1 Å². The Balaban J connectivity index is 0.00000162. The predicted molar refractivity (Wildman–Crippen MR) is 78.0 cm³/mol. The molecule has 0 saturated carbocycles. The van der Waals surface area contributed by atoms with Crippen LogP contribution in [0.5, 0.6) is 5.75 Å². The highest BCUT2D eigenvalue weighted by molar-refractivity contribution is 6.31. The van der Waals surface area contributed by atoms with Crippen LogP contribution in [-0.4, -0.2) is 37.7 Å². The third-order valence-electron chi connectivity index (χ3n) is 3.27. The minimum Gasteiger partial charge on any atom is -0.497 e. The summed E-state index contributed by atoms with van der Waals surface area (Å²) in [7, 11) is 1.68. The number of benzene rings is 1. The van der Waals surface area contributed by atoms with E-state index in [4.69, 9.17) is 16.3 Å². The van der Waals surface area contributed by atoms with E-state index >= 15 is 0 Å². The minimum absolute atomic E-state index is 0. The molecule has 0 aromatic heterocycles. The highest BCUT2D eigenvalue weighted by atomic mass is 35.5. The molecule has 0 aliphatic carbocycles. The highest BCUT2D eigenvalue weighted by Crippen LogP contribution is 2.24. The second kappa shape index (κ2) is 7.19. The Morgan fingerprint density at radius 1 is 1.50 bits per heavy atom. The van der Waals surface area contributed by atoms with Gasteiger partial charge in [-0.25, -0.2) is 0 Å². The van der Waals surface area contributed by atoms with E-state index in [1.165, 1.54) is 0 Å². The van der Waals surface area contributed by atoms with Crippen LogP contribution in [0.4, 0.5) is 0 Å². The lowest BCUT2D eigenvalue weighted by Crippen LogP contribution is -2.49. The van der Waals surface area contributed by atoms with Crippen molar-refractivity contribution in [1.29, 1.82) is 0 Å². The first kappa shape index (κ1) is 15.6. The molecule has 1 N–H and O–H groups in total. The highest BCUT2D eigenvalue weighted by Gasteiger charge is 2.18. The SMILES string of the molecule is COc1ccc(Cl)c(CN2CCNC[C@H]2C)c1.Cl. The summed E-state index contributed by atoms with van der Waals surface area (Å²) in [5.74, 6) is 0.868. The molecule has 1 fully saturated rings. The largest absolute Gasteiger partial charge is 0.497 e. The Bertz CT molecular complexity index is 387. The van der Waals surface area contributed by atoms with Gasteiger partial charge in [-0.1, -0.05) is 11.6 Å². The van der Waals surface area contributed by atoms with Gasteiger partial charge in [-0.15, -0.1) is 12.4 Å². The van der Waals surface area contributed by atoms with Crippen molar-refractivity contribution in [3.05, 3.63) is 28.8 Å². The molecular weight excluding hydrogens is 271 g/mol. The molecule has 3 nitrogen and oxygen atoms in total. The lowest BCUT2D eigenvalue weighted by molar-refractivity contribution is 0.165. The number of nitrogens with one attached hydrogen (secondary N) is 1. The zero-order valence-corrected chi connectivity index (χ0v) is 12.4. The zero-order valence-electron chi connectivity index (χ0n) is 10.8. The molecule has 1 heterocycles. The van der Waals surface area contributed by atoms with Crippen LogP contribution in [0.2, 0.25) is 5.02 Å². The third kappa shape index (κ3) is 3.75. The van der Waals surface area contributed by atoms with Gasteiger partial charge in [0.1, 0.15) is 5.75 Å². The Kier molecular flexibility index (Phi) is 6.22. The van der Waals surface area contributed by atoms with Crippen molar-refractivity contribution in [2.75, 3.05) is 26.7 Å². The number of hydrogen-bond acceptors (Lipinski definition) is 3. The van der Waals surface area contributed by atoms with Gasteiger partial charge in [0.15, 0.2) is 0 Å². The molecule has 0 radical (unpaired) electrons. The molecule has 1 saturated heterocycles. The topological polar surface area (TPSA) is 24.5 Å². The standard InChI is InChI=1S/C13H19ClN2O.ClH/c1-10-8-15-5-6-16(10)9-11-7-12(17-2)3-4-13(11)14;/h3-4,7,10,15H,5-6,8-9H2,1-2H3;1H/t10-;/m1./s1. The number of rotatable bonds is 3. The molecule has 0 bridgehead atoms. The average Bonchev–Trinajstić information content (AvgIpc) is 2.35. The molecule has 1 aliphatic heterocycles. The maximum atomic E-state index is 6.22. The van der Waals surface area contributed by atoms with Crippen LogP contribution in [0.3, 0.4) is 0 Å². The molecule has 1 aliphatic rings. The Morgan fingerprint density at radius 3 is 2.94 bits per heavy atom. The second-order valence-electron chi connectivity index (χ2n) is 4.48. The van der Waals surface area contributed by atoms with Gasteiger partial charge in [0.05, 0.1) is 7.11 Å². The predicted octanol–water partition coefficient (Wildman–Crippen LogP) is 2.56. The summed E-state index contributed by atoms with van der Waals surface area (Å²) in [6.07, 6.45) is 0. The molecule has 1 aromatic rings. The molecule has 1 aromatic carbocycles. The summed E-state index contributed by atoms with van der Waals surface area (Å²) in [4.78, 5) is 2.44. The van der Waals surface area contributed by atoms with Crippen molar-refractivity contribution in [1.82, 2.24) is 10.2 Å². The number of ether oxygens (including phenoxy) is 1. The summed E-state index contributed by atoms with van der Waals surface area (Å²) in [5, 5.41) is 4.20. The number of nitrogens with zero attached hydrogens (tertiary/aromatic N) is 1. The monoisotopic (exact) mass is 290 g/mol. The lowest BCUT2D eigenvalue weighted by atomic mass is 10.1. The number of hydrogen-bond donors (Lipinski definition) is 1. The van der Waals surface area contributed by atoms with E-state index in [0.29, 0.717) is 6.04 Å². The van der Waals surface area contributed by atoms with E-state index in [1.54, 1.807) is 7.11 Å². The van der Waals surface area contributed by atoms with Crippen molar-refractivity contribution in [3.8, 4) is 5.75 Å². The van der Waals surface area contributed by atoms with Gasteiger partial charge >= 0.3 is 0 Å². The number of piperazine rings is 1. The van der Waals surface area contributed by atoms with Crippen LogP contribution >= 0.6 is 24.0 Å². The van der Waals surface area contributed by atoms with Crippen molar-refractivity contribution < 1.29 is 4.74 Å². The summed E-state index contributed by atoms with van der Waals surface area (Å²) in [6.45, 7) is 6.28. The fourth-order valence-corrected chi connectivity index (χ4v) is 2.31. The van der Waals surface area contributed by atoms with Gasteiger partial charge in [0.25, 0.3) is 0 Å². The van der Waals surface area contributed by atoms with Crippen LogP contribution in [-0.2, 0) is 6.54 Å². The second-order valence-corrected chi connectivity index (χ2v) is 4.89. The van der Waals surface area contributed by atoms with Crippen molar-refractivity contribution in [3.63, 3.8) is 0 Å². The molecule has 0 spiro atoms. The first-order chi connectivity index (χ1) is 8.20. The Labute approximate surface area is 120 Å². The maximum absolute atomic E-state index is 6.22. The molecular formula is C13H20Cl2N2O. The van der Waals surface area contributed by atoms with Gasteiger partial charge in [-0.05, 0) is 30.7 Å².